The van der Waals surface area contributed by atoms with Crippen LogP contribution in [-0.2, 0) is 0 Å². The Morgan fingerprint density at radius 1 is 1.36 bits per heavy atom. The summed E-state index contributed by atoms with van der Waals surface area (Å²) in [4.78, 5) is 13.7. The Labute approximate surface area is 97.4 Å². The van der Waals surface area contributed by atoms with Crippen LogP contribution >= 0.6 is 22.6 Å². The average molecular weight is 301 g/mol. The highest BCUT2D eigenvalue weighted by Gasteiger charge is 2.29. The summed E-state index contributed by atoms with van der Waals surface area (Å²) < 4.78 is 1.16. The summed E-state index contributed by atoms with van der Waals surface area (Å²) in [5.41, 5.74) is 0.791. The zero-order valence-electron chi connectivity index (χ0n) is 8.03. The molecular weight excluding hydrogens is 289 g/mol. The van der Waals surface area contributed by atoms with Crippen LogP contribution in [0.2, 0.25) is 0 Å². The van der Waals surface area contributed by atoms with Crippen molar-refractivity contribution in [3.63, 3.8) is 0 Å². The van der Waals surface area contributed by atoms with E-state index in [-0.39, 0.29) is 5.91 Å². The van der Waals surface area contributed by atoms with Gasteiger partial charge in [-0.2, -0.15) is 0 Å². The zero-order valence-corrected chi connectivity index (χ0v) is 10.2. The standard InChI is InChI=1S/C11H12INO/c1-13(10-6-7-10)11(14)8-2-4-9(12)5-3-8/h2-5,10H,6-7H2,1H3. The van der Waals surface area contributed by atoms with E-state index in [1.54, 1.807) is 0 Å². The molecular formula is C11H12INO. The molecule has 74 valence electrons. The van der Waals surface area contributed by atoms with Crippen LogP contribution in [0.15, 0.2) is 24.3 Å². The minimum Gasteiger partial charge on any atom is -0.339 e. The molecule has 0 spiro atoms. The van der Waals surface area contributed by atoms with Crippen LogP contribution in [0.3, 0.4) is 0 Å². The van der Waals surface area contributed by atoms with Gasteiger partial charge < -0.3 is 4.90 Å². The topological polar surface area (TPSA) is 20.3 Å². The van der Waals surface area contributed by atoms with Gasteiger partial charge in [-0.3, -0.25) is 4.79 Å². The summed E-state index contributed by atoms with van der Waals surface area (Å²) in [6.45, 7) is 0. The first-order valence-electron chi connectivity index (χ1n) is 4.71. The zero-order chi connectivity index (χ0) is 10.1. The van der Waals surface area contributed by atoms with Crippen LogP contribution in [0.5, 0.6) is 0 Å². The number of carbonyl (C=O) groups is 1. The van der Waals surface area contributed by atoms with Gasteiger partial charge in [-0.15, -0.1) is 0 Å². The molecule has 0 unspecified atom stereocenters. The van der Waals surface area contributed by atoms with Gasteiger partial charge in [0, 0.05) is 22.2 Å². The van der Waals surface area contributed by atoms with Crippen molar-refractivity contribution in [3.8, 4) is 0 Å². The van der Waals surface area contributed by atoms with Gasteiger partial charge in [0.1, 0.15) is 0 Å². The van der Waals surface area contributed by atoms with Gasteiger partial charge >= 0.3 is 0 Å². The van der Waals surface area contributed by atoms with Crippen molar-refractivity contribution in [2.75, 3.05) is 7.05 Å². The van der Waals surface area contributed by atoms with Gasteiger partial charge in [0.2, 0.25) is 0 Å². The molecule has 0 heterocycles. The third-order valence-corrected chi connectivity index (χ3v) is 3.23. The molecule has 1 aromatic carbocycles. The van der Waals surface area contributed by atoms with Crippen LogP contribution in [0.4, 0.5) is 0 Å². The molecule has 0 bridgehead atoms. The number of nitrogens with zero attached hydrogens (tertiary/aromatic N) is 1. The maximum absolute atomic E-state index is 11.9. The van der Waals surface area contributed by atoms with E-state index in [1.165, 1.54) is 0 Å². The summed E-state index contributed by atoms with van der Waals surface area (Å²) in [7, 11) is 1.89. The first kappa shape index (κ1) is 9.96. The minimum absolute atomic E-state index is 0.143. The molecule has 1 aliphatic carbocycles. The van der Waals surface area contributed by atoms with Crippen LogP contribution in [-0.4, -0.2) is 23.9 Å². The Morgan fingerprint density at radius 3 is 2.43 bits per heavy atom. The van der Waals surface area contributed by atoms with Gasteiger partial charge in [0.25, 0.3) is 5.91 Å². The molecule has 2 rings (SSSR count). The molecule has 0 radical (unpaired) electrons. The average Bonchev–Trinajstić information content (AvgIpc) is 3.00. The maximum atomic E-state index is 11.9. The number of hydrogen-bond acceptors (Lipinski definition) is 1. The first-order valence-corrected chi connectivity index (χ1v) is 5.79. The van der Waals surface area contributed by atoms with Crippen LogP contribution in [0.25, 0.3) is 0 Å². The van der Waals surface area contributed by atoms with E-state index in [0.29, 0.717) is 6.04 Å². The smallest absolute Gasteiger partial charge is 0.253 e. The van der Waals surface area contributed by atoms with Gasteiger partial charge in [0.15, 0.2) is 0 Å². The summed E-state index contributed by atoms with van der Waals surface area (Å²) in [5, 5.41) is 0. The maximum Gasteiger partial charge on any atom is 0.253 e. The Bertz CT molecular complexity index is 343. The SMILES string of the molecule is CN(C(=O)c1ccc(I)cc1)C1CC1. The molecule has 0 aromatic heterocycles. The number of amides is 1. The molecule has 14 heavy (non-hydrogen) atoms. The lowest BCUT2D eigenvalue weighted by molar-refractivity contribution is 0.0785. The van der Waals surface area contributed by atoms with E-state index in [4.69, 9.17) is 0 Å². The molecule has 0 atom stereocenters. The normalized spacial score (nSPS) is 15.3. The highest BCUT2D eigenvalue weighted by molar-refractivity contribution is 14.1. The van der Waals surface area contributed by atoms with E-state index in [2.05, 4.69) is 22.6 Å². The van der Waals surface area contributed by atoms with Crippen molar-refractivity contribution in [3.05, 3.63) is 33.4 Å². The summed E-state index contributed by atoms with van der Waals surface area (Å²) in [6, 6.07) is 8.21. The van der Waals surface area contributed by atoms with E-state index >= 15 is 0 Å². The largest absolute Gasteiger partial charge is 0.339 e. The molecule has 1 saturated carbocycles. The van der Waals surface area contributed by atoms with Gasteiger partial charge in [-0.1, -0.05) is 0 Å². The van der Waals surface area contributed by atoms with Gasteiger partial charge in [-0.05, 0) is 59.7 Å². The fourth-order valence-electron chi connectivity index (χ4n) is 1.42. The van der Waals surface area contributed by atoms with E-state index in [0.717, 1.165) is 22.0 Å². The molecule has 1 aromatic rings. The summed E-state index contributed by atoms with van der Waals surface area (Å²) in [6.07, 6.45) is 2.32. The van der Waals surface area contributed by atoms with Crippen LogP contribution in [0, 0.1) is 3.57 Å². The highest BCUT2D eigenvalue weighted by Crippen LogP contribution is 2.26. The molecule has 0 saturated heterocycles. The number of carbonyl (C=O) groups excluding carboxylic acids is 1. The predicted octanol–water partition coefficient (Wildman–Crippen LogP) is 2.53. The Hall–Kier alpha value is -0.580. The van der Waals surface area contributed by atoms with Crippen molar-refractivity contribution in [1.29, 1.82) is 0 Å². The Kier molecular flexibility index (Phi) is 2.76. The lowest BCUT2D eigenvalue weighted by Crippen LogP contribution is -2.28. The summed E-state index contributed by atoms with van der Waals surface area (Å²) >= 11 is 2.24. The lowest BCUT2D eigenvalue weighted by Gasteiger charge is -2.15. The fourth-order valence-corrected chi connectivity index (χ4v) is 1.78. The molecule has 0 N–H and O–H groups in total. The second-order valence-electron chi connectivity index (χ2n) is 3.65. The van der Waals surface area contributed by atoms with Crippen molar-refractivity contribution in [1.82, 2.24) is 4.90 Å². The molecule has 3 heteroatoms. The monoisotopic (exact) mass is 301 g/mol. The quantitative estimate of drug-likeness (QED) is 0.769. The first-order chi connectivity index (χ1) is 6.68. The summed E-state index contributed by atoms with van der Waals surface area (Å²) in [5.74, 6) is 0.143. The van der Waals surface area contributed by atoms with Crippen LogP contribution in [0.1, 0.15) is 23.2 Å². The Balaban J connectivity index is 2.13. The number of hydrogen-bond donors (Lipinski definition) is 0. The second-order valence-corrected chi connectivity index (χ2v) is 4.90. The van der Waals surface area contributed by atoms with Crippen molar-refractivity contribution >= 4 is 28.5 Å². The van der Waals surface area contributed by atoms with Crippen molar-refractivity contribution in [2.45, 2.75) is 18.9 Å². The highest BCUT2D eigenvalue weighted by atomic mass is 127. The third-order valence-electron chi connectivity index (χ3n) is 2.51. The van der Waals surface area contributed by atoms with Gasteiger partial charge in [0.05, 0.1) is 0 Å². The van der Waals surface area contributed by atoms with Crippen LogP contribution < -0.4 is 0 Å². The van der Waals surface area contributed by atoms with E-state index in [1.807, 2.05) is 36.2 Å². The molecule has 1 amide bonds. The fraction of sp³-hybridized carbons (Fsp3) is 0.364. The van der Waals surface area contributed by atoms with Crippen molar-refractivity contribution < 1.29 is 4.79 Å². The number of benzene rings is 1. The molecule has 1 fully saturated rings. The van der Waals surface area contributed by atoms with E-state index < -0.39 is 0 Å². The number of rotatable bonds is 2. The molecule has 1 aliphatic rings. The number of halogens is 1. The van der Waals surface area contributed by atoms with Gasteiger partial charge in [-0.25, -0.2) is 0 Å². The minimum atomic E-state index is 0.143. The van der Waals surface area contributed by atoms with E-state index in [9.17, 15) is 4.79 Å². The third kappa shape index (κ3) is 2.08. The molecule has 0 aliphatic heterocycles. The lowest BCUT2D eigenvalue weighted by atomic mass is 10.2. The van der Waals surface area contributed by atoms with Crippen molar-refractivity contribution in [2.24, 2.45) is 0 Å². The second kappa shape index (κ2) is 3.88. The Morgan fingerprint density at radius 2 is 1.93 bits per heavy atom. The molecule has 2 nitrogen and oxygen atoms in total. The predicted molar refractivity (Wildman–Crippen MR) is 64.3 cm³/mol.